The van der Waals surface area contributed by atoms with E-state index < -0.39 is 0 Å². The van der Waals surface area contributed by atoms with Crippen LogP contribution in [0.1, 0.15) is 13.8 Å². The van der Waals surface area contributed by atoms with E-state index in [1.54, 1.807) is 0 Å². The van der Waals surface area contributed by atoms with E-state index in [9.17, 15) is 4.79 Å². The Morgan fingerprint density at radius 3 is 2.50 bits per heavy atom. The zero-order valence-electron chi connectivity index (χ0n) is 10.8. The van der Waals surface area contributed by atoms with Gasteiger partial charge >= 0.3 is 6.03 Å². The molecule has 0 spiro atoms. The van der Waals surface area contributed by atoms with Crippen molar-refractivity contribution in [3.8, 4) is 0 Å². The van der Waals surface area contributed by atoms with Crippen molar-refractivity contribution in [3.05, 3.63) is 54.8 Å². The molecule has 94 valence electrons. The number of hydrogen-bond acceptors (Lipinski definition) is 1. The molecule has 0 saturated carbocycles. The van der Waals surface area contributed by atoms with E-state index in [1.165, 1.54) is 0 Å². The summed E-state index contributed by atoms with van der Waals surface area (Å²) in [6, 6.07) is 10.0. The third-order valence-corrected chi connectivity index (χ3v) is 2.97. The van der Waals surface area contributed by atoms with Crippen molar-refractivity contribution in [1.29, 1.82) is 0 Å². The largest absolute Gasteiger partial charge is 0.426 e. The quantitative estimate of drug-likeness (QED) is 0.794. The Hall–Kier alpha value is -1.87. The van der Waals surface area contributed by atoms with E-state index in [1.807, 2.05) is 68.6 Å². The topological polar surface area (TPSA) is 29.1 Å². The molecule has 1 aliphatic rings. The van der Waals surface area contributed by atoms with Gasteiger partial charge in [-0.25, -0.2) is 4.79 Å². The van der Waals surface area contributed by atoms with Gasteiger partial charge in [0.15, 0.2) is 0 Å². The summed E-state index contributed by atoms with van der Waals surface area (Å²) in [6.07, 6.45) is 7.86. The maximum absolute atomic E-state index is 12.5. The van der Waals surface area contributed by atoms with Gasteiger partial charge in [-0.1, -0.05) is 24.3 Å². The van der Waals surface area contributed by atoms with Gasteiger partial charge in [-0.15, -0.1) is 0 Å². The van der Waals surface area contributed by atoms with Crippen LogP contribution in [-0.4, -0.2) is 18.6 Å². The number of carbonyl (C=O) groups is 1. The molecular formula is C15H19N2O+. The number of nitrogens with zero attached hydrogens (tertiary/aromatic N) is 1. The van der Waals surface area contributed by atoms with Crippen molar-refractivity contribution in [2.75, 3.05) is 6.54 Å². The molecule has 1 N–H and O–H groups in total. The van der Waals surface area contributed by atoms with Gasteiger partial charge in [0.2, 0.25) is 0 Å². The molecule has 0 fully saturated rings. The molecule has 3 heteroatoms. The first-order chi connectivity index (χ1) is 8.65. The predicted octanol–water partition coefficient (Wildman–Crippen LogP) is 3.20. The Kier molecular flexibility index (Phi) is 3.63. The summed E-state index contributed by atoms with van der Waals surface area (Å²) in [5.74, 6) is 0. The molecular weight excluding hydrogens is 224 g/mol. The van der Waals surface area contributed by atoms with Crippen LogP contribution >= 0.6 is 0 Å². The van der Waals surface area contributed by atoms with Gasteiger partial charge in [0.25, 0.3) is 0 Å². The van der Waals surface area contributed by atoms with E-state index in [-0.39, 0.29) is 16.6 Å². The van der Waals surface area contributed by atoms with Gasteiger partial charge < -0.3 is 5.32 Å². The van der Waals surface area contributed by atoms with Crippen LogP contribution in [0.15, 0.2) is 54.8 Å². The van der Waals surface area contributed by atoms with Crippen LogP contribution in [0.4, 0.5) is 10.5 Å². The first kappa shape index (κ1) is 12.6. The van der Waals surface area contributed by atoms with Crippen molar-refractivity contribution in [2.45, 2.75) is 19.9 Å². The summed E-state index contributed by atoms with van der Waals surface area (Å²) in [5, 5.41) is 3.00. The highest BCUT2D eigenvalue weighted by Crippen LogP contribution is 2.26. The molecule has 0 bridgehead atoms. The number of carbonyl (C=O) groups excluding carboxylic acids is 1. The van der Waals surface area contributed by atoms with Crippen molar-refractivity contribution >= 4 is 11.7 Å². The molecule has 2 amide bonds. The Morgan fingerprint density at radius 1 is 1.22 bits per heavy atom. The number of allylic oxidation sites excluding steroid dienone is 2. The minimum absolute atomic E-state index is 0.0109. The fourth-order valence-electron chi connectivity index (χ4n) is 2.08. The number of para-hydroxylation sites is 1. The highest BCUT2D eigenvalue weighted by atomic mass is 16.2. The van der Waals surface area contributed by atoms with E-state index in [2.05, 4.69) is 5.32 Å². The fourth-order valence-corrected chi connectivity index (χ4v) is 2.08. The molecule has 1 heterocycles. The van der Waals surface area contributed by atoms with Crippen molar-refractivity contribution in [2.24, 2.45) is 0 Å². The van der Waals surface area contributed by atoms with Crippen molar-refractivity contribution < 1.29 is 4.79 Å². The van der Waals surface area contributed by atoms with Gasteiger partial charge in [-0.05, 0) is 26.0 Å². The summed E-state index contributed by atoms with van der Waals surface area (Å²) in [4.78, 5) is 12.5. The molecule has 0 aromatic heterocycles. The lowest BCUT2D eigenvalue weighted by atomic mass is 10.2. The van der Waals surface area contributed by atoms with Gasteiger partial charge in [-0.3, -0.25) is 0 Å². The maximum Gasteiger partial charge on any atom is 0.426 e. The summed E-state index contributed by atoms with van der Waals surface area (Å²) in [7, 11) is 0. The molecule has 0 radical (unpaired) electrons. The summed E-state index contributed by atoms with van der Waals surface area (Å²) in [6.45, 7) is 4.60. The van der Waals surface area contributed by atoms with E-state index in [4.69, 9.17) is 0 Å². The SMILES string of the molecule is CC(C)NC(=O)[N+]1(c2ccccc2)C=CC=CC1. The van der Waals surface area contributed by atoms with Crippen LogP contribution in [0, 0.1) is 0 Å². The van der Waals surface area contributed by atoms with E-state index >= 15 is 0 Å². The van der Waals surface area contributed by atoms with Crippen LogP contribution in [0.5, 0.6) is 0 Å². The van der Waals surface area contributed by atoms with Crippen molar-refractivity contribution in [3.63, 3.8) is 0 Å². The molecule has 0 aliphatic carbocycles. The summed E-state index contributed by atoms with van der Waals surface area (Å²) < 4.78 is 0.204. The Balaban J connectivity index is 2.39. The lowest BCUT2D eigenvalue weighted by Crippen LogP contribution is -2.56. The summed E-state index contributed by atoms with van der Waals surface area (Å²) >= 11 is 0. The number of urea groups is 1. The molecule has 1 aromatic rings. The fraction of sp³-hybridized carbons (Fsp3) is 0.267. The molecule has 2 rings (SSSR count). The van der Waals surface area contributed by atoms with Crippen LogP contribution in [0.25, 0.3) is 0 Å². The van der Waals surface area contributed by atoms with Crippen LogP contribution in [0.2, 0.25) is 0 Å². The molecule has 1 aliphatic heterocycles. The first-order valence-corrected chi connectivity index (χ1v) is 6.24. The molecule has 1 unspecified atom stereocenters. The molecule has 3 nitrogen and oxygen atoms in total. The highest BCUT2D eigenvalue weighted by molar-refractivity contribution is 5.89. The first-order valence-electron chi connectivity index (χ1n) is 6.24. The number of benzene rings is 1. The second kappa shape index (κ2) is 5.19. The molecule has 1 aromatic carbocycles. The third-order valence-electron chi connectivity index (χ3n) is 2.97. The lowest BCUT2D eigenvalue weighted by Gasteiger charge is -2.32. The maximum atomic E-state index is 12.5. The smallest absolute Gasteiger partial charge is 0.303 e. The standard InChI is InChI=1S/C15H18N2O/c1-13(2)16-15(18)17(11-7-4-8-12-17)14-9-5-3-6-10-14/h3-11,13H,12H2,1-2H3/p+1. The van der Waals surface area contributed by atoms with Crippen molar-refractivity contribution in [1.82, 2.24) is 9.80 Å². The van der Waals surface area contributed by atoms with Crippen LogP contribution < -0.4 is 9.80 Å². The van der Waals surface area contributed by atoms with Gasteiger partial charge in [0.05, 0.1) is 0 Å². The number of amides is 2. The average Bonchev–Trinajstić information content (AvgIpc) is 2.40. The number of quaternary nitrogens is 1. The van der Waals surface area contributed by atoms with Gasteiger partial charge in [-0.2, -0.15) is 4.48 Å². The minimum atomic E-state index is 0.0109. The van der Waals surface area contributed by atoms with Crippen LogP contribution in [-0.2, 0) is 0 Å². The number of rotatable bonds is 2. The number of nitrogens with one attached hydrogen (secondary N) is 1. The Morgan fingerprint density at radius 2 is 1.94 bits per heavy atom. The van der Waals surface area contributed by atoms with Gasteiger partial charge in [0, 0.05) is 18.2 Å². The predicted molar refractivity (Wildman–Crippen MR) is 75.1 cm³/mol. The van der Waals surface area contributed by atoms with Crippen LogP contribution in [0.3, 0.4) is 0 Å². The monoisotopic (exact) mass is 243 g/mol. The third kappa shape index (κ3) is 2.36. The minimum Gasteiger partial charge on any atom is -0.303 e. The zero-order valence-corrected chi connectivity index (χ0v) is 10.8. The highest BCUT2D eigenvalue weighted by Gasteiger charge is 2.37. The molecule has 1 atom stereocenters. The second-order valence-electron chi connectivity index (χ2n) is 4.76. The second-order valence-corrected chi connectivity index (χ2v) is 4.76. The molecule has 18 heavy (non-hydrogen) atoms. The molecule has 0 saturated heterocycles. The average molecular weight is 243 g/mol. The zero-order chi connectivity index (χ0) is 13.0. The number of hydrogen-bond donors (Lipinski definition) is 1. The Labute approximate surface area is 108 Å². The normalized spacial score (nSPS) is 22.2. The summed E-state index contributed by atoms with van der Waals surface area (Å²) in [5.41, 5.74) is 0.983. The van der Waals surface area contributed by atoms with E-state index in [0.29, 0.717) is 6.54 Å². The Bertz CT molecular complexity index is 477. The lowest BCUT2D eigenvalue weighted by molar-refractivity contribution is 0.216. The van der Waals surface area contributed by atoms with Gasteiger partial charge in [0.1, 0.15) is 18.4 Å². The van der Waals surface area contributed by atoms with E-state index in [0.717, 1.165) is 5.69 Å².